The second-order valence-corrected chi connectivity index (χ2v) is 9.37. The SMILES string of the molecule is COc1ccc2cc(C(=O)C(C)(Br)I)ccc2c1. The predicted octanol–water partition coefficient (Wildman–Crippen LogP) is 4.58. The molecule has 2 nitrogen and oxygen atoms in total. The first-order valence-electron chi connectivity index (χ1n) is 5.42. The van der Waals surface area contributed by atoms with Crippen molar-refractivity contribution in [3.63, 3.8) is 0 Å². The van der Waals surface area contributed by atoms with Crippen molar-refractivity contribution in [2.45, 2.75) is 9.25 Å². The summed E-state index contributed by atoms with van der Waals surface area (Å²) in [5.74, 6) is 0.890. The number of ketones is 1. The Balaban J connectivity index is 2.49. The van der Waals surface area contributed by atoms with Crippen molar-refractivity contribution in [2.75, 3.05) is 7.11 Å². The van der Waals surface area contributed by atoms with Crippen LogP contribution in [0, 0.1) is 0 Å². The maximum Gasteiger partial charge on any atom is 0.189 e. The van der Waals surface area contributed by atoms with Crippen LogP contribution < -0.4 is 4.74 Å². The molecule has 2 aromatic carbocycles. The maximum atomic E-state index is 12.2. The van der Waals surface area contributed by atoms with Gasteiger partial charge in [-0.05, 0) is 35.9 Å². The van der Waals surface area contributed by atoms with Gasteiger partial charge in [-0.2, -0.15) is 0 Å². The molecule has 2 aromatic rings. The number of alkyl halides is 2. The highest BCUT2D eigenvalue weighted by Crippen LogP contribution is 2.31. The Morgan fingerprint density at radius 2 is 1.83 bits per heavy atom. The Labute approximate surface area is 128 Å². The molecule has 2 rings (SSSR count). The standard InChI is InChI=1S/C14H12BrIO2/c1-14(15,16)13(17)11-4-3-10-8-12(18-2)6-5-9(10)7-11/h3-8H,1-2H3. The number of hydrogen-bond acceptors (Lipinski definition) is 2. The Hall–Kier alpha value is -0.620. The number of halogens is 2. The maximum absolute atomic E-state index is 12.2. The summed E-state index contributed by atoms with van der Waals surface area (Å²) in [5, 5.41) is 2.10. The lowest BCUT2D eigenvalue weighted by atomic mass is 10.0. The number of benzene rings is 2. The van der Waals surface area contributed by atoms with Crippen LogP contribution in [0.15, 0.2) is 36.4 Å². The predicted molar refractivity (Wildman–Crippen MR) is 86.2 cm³/mol. The fourth-order valence-electron chi connectivity index (χ4n) is 1.75. The van der Waals surface area contributed by atoms with Gasteiger partial charge in [0.25, 0.3) is 0 Å². The van der Waals surface area contributed by atoms with E-state index in [-0.39, 0.29) is 5.78 Å². The van der Waals surface area contributed by atoms with Crippen molar-refractivity contribution < 1.29 is 9.53 Å². The van der Waals surface area contributed by atoms with Crippen molar-refractivity contribution in [3.05, 3.63) is 42.0 Å². The molecule has 0 aliphatic heterocycles. The second-order valence-electron chi connectivity index (χ2n) is 4.15. The van der Waals surface area contributed by atoms with E-state index in [0.717, 1.165) is 16.5 Å². The molecule has 0 heterocycles. The third-order valence-corrected chi connectivity index (χ3v) is 3.56. The largest absolute Gasteiger partial charge is 0.497 e. The zero-order valence-electron chi connectivity index (χ0n) is 10.0. The van der Waals surface area contributed by atoms with Gasteiger partial charge in [0.2, 0.25) is 0 Å². The molecule has 0 aliphatic carbocycles. The van der Waals surface area contributed by atoms with E-state index >= 15 is 0 Å². The van der Waals surface area contributed by atoms with Gasteiger partial charge in [0, 0.05) is 5.56 Å². The van der Waals surface area contributed by atoms with Gasteiger partial charge in [-0.3, -0.25) is 4.79 Å². The van der Waals surface area contributed by atoms with Crippen LogP contribution in [0.1, 0.15) is 17.3 Å². The zero-order valence-corrected chi connectivity index (χ0v) is 13.8. The summed E-state index contributed by atoms with van der Waals surface area (Å²) in [5.41, 5.74) is 0.710. The van der Waals surface area contributed by atoms with E-state index in [0.29, 0.717) is 5.56 Å². The minimum absolute atomic E-state index is 0.0702. The van der Waals surface area contributed by atoms with Gasteiger partial charge in [0.05, 0.1) is 7.11 Å². The van der Waals surface area contributed by atoms with Crippen LogP contribution in [0.4, 0.5) is 0 Å². The molecule has 1 unspecified atom stereocenters. The lowest BCUT2D eigenvalue weighted by Gasteiger charge is -2.13. The topological polar surface area (TPSA) is 26.3 Å². The van der Waals surface area contributed by atoms with Gasteiger partial charge in [0.1, 0.15) is 8.08 Å². The Morgan fingerprint density at radius 3 is 2.44 bits per heavy atom. The summed E-state index contributed by atoms with van der Waals surface area (Å²) in [4.78, 5) is 12.2. The molecule has 0 saturated heterocycles. The molecule has 0 amide bonds. The number of ether oxygens (including phenoxy) is 1. The molecule has 0 saturated carbocycles. The molecule has 0 bridgehead atoms. The van der Waals surface area contributed by atoms with Gasteiger partial charge >= 0.3 is 0 Å². The fourth-order valence-corrected chi connectivity index (χ4v) is 2.29. The molecule has 0 aromatic heterocycles. The minimum atomic E-state index is -0.565. The normalized spacial score (nSPS) is 14.2. The first-order chi connectivity index (χ1) is 8.41. The molecule has 0 aliphatic rings. The number of Topliss-reactive ketones (excluding diaryl/α,β-unsaturated/α-hetero) is 1. The zero-order chi connectivity index (χ0) is 13.3. The molecular formula is C14H12BrIO2. The molecule has 0 fully saturated rings. The summed E-state index contributed by atoms with van der Waals surface area (Å²) >= 11 is 5.47. The van der Waals surface area contributed by atoms with Crippen LogP contribution in [0.5, 0.6) is 5.75 Å². The van der Waals surface area contributed by atoms with Gasteiger partial charge in [0.15, 0.2) is 5.78 Å². The van der Waals surface area contributed by atoms with Crippen LogP contribution in [0.2, 0.25) is 0 Å². The molecular weight excluding hydrogens is 407 g/mol. The van der Waals surface area contributed by atoms with Gasteiger partial charge in [-0.25, -0.2) is 0 Å². The summed E-state index contributed by atoms with van der Waals surface area (Å²) in [7, 11) is 1.64. The van der Waals surface area contributed by atoms with Gasteiger partial charge < -0.3 is 4.74 Å². The van der Waals surface area contributed by atoms with Crippen LogP contribution in [0.25, 0.3) is 10.8 Å². The fraction of sp³-hybridized carbons (Fsp3) is 0.214. The number of fused-ring (bicyclic) bond motifs is 1. The van der Waals surface area contributed by atoms with E-state index in [1.807, 2.05) is 43.3 Å². The van der Waals surface area contributed by atoms with E-state index in [1.54, 1.807) is 7.11 Å². The monoisotopic (exact) mass is 418 g/mol. The number of carbonyl (C=O) groups is 1. The van der Waals surface area contributed by atoms with Crippen molar-refractivity contribution in [1.82, 2.24) is 0 Å². The van der Waals surface area contributed by atoms with Crippen molar-refractivity contribution in [2.24, 2.45) is 0 Å². The lowest BCUT2D eigenvalue weighted by molar-refractivity contribution is 0.0991. The second kappa shape index (κ2) is 5.17. The Kier molecular flexibility index (Phi) is 3.96. The summed E-state index contributed by atoms with van der Waals surface area (Å²) in [6.07, 6.45) is 0. The van der Waals surface area contributed by atoms with E-state index in [9.17, 15) is 4.79 Å². The summed E-state index contributed by atoms with van der Waals surface area (Å²) in [6.45, 7) is 1.84. The third-order valence-electron chi connectivity index (χ3n) is 2.71. The average Bonchev–Trinajstić information content (AvgIpc) is 2.35. The van der Waals surface area contributed by atoms with Crippen LogP contribution >= 0.6 is 38.5 Å². The number of methoxy groups -OCH3 is 1. The van der Waals surface area contributed by atoms with E-state index in [1.165, 1.54) is 0 Å². The minimum Gasteiger partial charge on any atom is -0.497 e. The first kappa shape index (κ1) is 13.8. The van der Waals surface area contributed by atoms with Crippen molar-refractivity contribution in [1.29, 1.82) is 0 Å². The third kappa shape index (κ3) is 2.85. The van der Waals surface area contributed by atoms with Gasteiger partial charge in [-0.15, -0.1) is 0 Å². The highest BCUT2D eigenvalue weighted by Gasteiger charge is 2.27. The van der Waals surface area contributed by atoms with Gasteiger partial charge in [-0.1, -0.05) is 56.7 Å². The molecule has 0 radical (unpaired) electrons. The van der Waals surface area contributed by atoms with Crippen molar-refractivity contribution >= 4 is 55.1 Å². The number of rotatable bonds is 3. The van der Waals surface area contributed by atoms with E-state index < -0.39 is 2.33 Å². The number of hydrogen-bond donors (Lipinski definition) is 0. The van der Waals surface area contributed by atoms with Crippen LogP contribution in [-0.2, 0) is 0 Å². The van der Waals surface area contributed by atoms with E-state index in [2.05, 4.69) is 38.5 Å². The molecule has 0 N–H and O–H groups in total. The quantitative estimate of drug-likeness (QED) is 0.414. The van der Waals surface area contributed by atoms with E-state index in [4.69, 9.17) is 4.74 Å². The smallest absolute Gasteiger partial charge is 0.189 e. The van der Waals surface area contributed by atoms with Crippen LogP contribution in [0.3, 0.4) is 0 Å². The van der Waals surface area contributed by atoms with Crippen LogP contribution in [-0.4, -0.2) is 15.2 Å². The molecule has 18 heavy (non-hydrogen) atoms. The molecule has 1 atom stereocenters. The molecule has 4 heteroatoms. The highest BCUT2D eigenvalue weighted by molar-refractivity contribution is 14.1. The first-order valence-corrected chi connectivity index (χ1v) is 7.29. The number of carbonyl (C=O) groups excluding carboxylic acids is 1. The average molecular weight is 419 g/mol. The molecule has 0 spiro atoms. The summed E-state index contributed by atoms with van der Waals surface area (Å²) in [6, 6.07) is 11.5. The lowest BCUT2D eigenvalue weighted by Crippen LogP contribution is -2.20. The highest BCUT2D eigenvalue weighted by atomic mass is 127. The Morgan fingerprint density at radius 1 is 1.22 bits per heavy atom. The molecule has 94 valence electrons. The summed E-state index contributed by atoms with van der Waals surface area (Å²) < 4.78 is 4.61. The Bertz CT molecular complexity index is 602. The van der Waals surface area contributed by atoms with Crippen molar-refractivity contribution in [3.8, 4) is 5.75 Å².